The third-order valence-corrected chi connectivity index (χ3v) is 3.75. The van der Waals surface area contributed by atoms with Crippen molar-refractivity contribution in [2.24, 2.45) is 0 Å². The average molecular weight is 326 g/mol. The number of hydrogen-bond acceptors (Lipinski definition) is 3. The highest BCUT2D eigenvalue weighted by molar-refractivity contribution is 6.31. The first-order valence-electron chi connectivity index (χ1n) is 7.18. The van der Waals surface area contributed by atoms with Crippen LogP contribution in [0.2, 0.25) is 5.02 Å². The van der Waals surface area contributed by atoms with E-state index in [1.54, 1.807) is 18.2 Å². The van der Waals surface area contributed by atoms with Crippen LogP contribution in [0.1, 0.15) is 10.5 Å². The largest absolute Gasteiger partial charge is 0.376 e. The second-order valence-electron chi connectivity index (χ2n) is 5.40. The highest BCUT2D eigenvalue weighted by Gasteiger charge is 2.12. The zero-order chi connectivity index (χ0) is 16.4. The van der Waals surface area contributed by atoms with Gasteiger partial charge >= 0.3 is 0 Å². The molecule has 5 heteroatoms. The third-order valence-electron chi connectivity index (χ3n) is 3.52. The van der Waals surface area contributed by atoms with E-state index >= 15 is 0 Å². The van der Waals surface area contributed by atoms with E-state index in [0.717, 1.165) is 16.6 Å². The third kappa shape index (κ3) is 3.27. The maximum absolute atomic E-state index is 12.5. The zero-order valence-electron chi connectivity index (χ0n) is 12.9. The minimum absolute atomic E-state index is 0.263. The molecule has 0 saturated heterocycles. The van der Waals surface area contributed by atoms with E-state index in [4.69, 9.17) is 11.6 Å². The topological polar surface area (TPSA) is 45.2 Å². The molecule has 3 aromatic rings. The predicted molar refractivity (Wildman–Crippen MR) is 95.5 cm³/mol. The van der Waals surface area contributed by atoms with Crippen LogP contribution >= 0.6 is 11.6 Å². The summed E-state index contributed by atoms with van der Waals surface area (Å²) in [6, 6.07) is 16.7. The lowest BCUT2D eigenvalue weighted by Crippen LogP contribution is -2.17. The van der Waals surface area contributed by atoms with Gasteiger partial charge in [0.2, 0.25) is 0 Å². The quantitative estimate of drug-likeness (QED) is 0.784. The van der Waals surface area contributed by atoms with Gasteiger partial charge in [0.05, 0.1) is 16.9 Å². The fourth-order valence-corrected chi connectivity index (χ4v) is 2.55. The van der Waals surface area contributed by atoms with Gasteiger partial charge < -0.3 is 10.2 Å². The Bertz CT molecular complexity index is 877. The summed E-state index contributed by atoms with van der Waals surface area (Å²) in [6.45, 7) is 0. The zero-order valence-corrected chi connectivity index (χ0v) is 13.6. The van der Waals surface area contributed by atoms with Crippen molar-refractivity contribution in [1.82, 2.24) is 4.98 Å². The van der Waals surface area contributed by atoms with E-state index < -0.39 is 0 Å². The molecule has 1 N–H and O–H groups in total. The highest BCUT2D eigenvalue weighted by atomic mass is 35.5. The molecule has 0 bridgehead atoms. The van der Waals surface area contributed by atoms with Crippen molar-refractivity contribution in [1.29, 1.82) is 0 Å². The van der Waals surface area contributed by atoms with Gasteiger partial charge in [0.25, 0.3) is 5.91 Å². The number of nitrogens with zero attached hydrogens (tertiary/aromatic N) is 2. The Labute approximate surface area is 139 Å². The molecule has 3 rings (SSSR count). The van der Waals surface area contributed by atoms with Gasteiger partial charge in [0.15, 0.2) is 0 Å². The maximum atomic E-state index is 12.5. The van der Waals surface area contributed by atoms with Gasteiger partial charge in [-0.05, 0) is 30.3 Å². The molecule has 0 atom stereocenters. The normalized spacial score (nSPS) is 10.6. The van der Waals surface area contributed by atoms with Gasteiger partial charge in [-0.3, -0.25) is 4.79 Å². The van der Waals surface area contributed by atoms with Crippen molar-refractivity contribution in [3.8, 4) is 0 Å². The molecular weight excluding hydrogens is 310 g/mol. The second kappa shape index (κ2) is 6.26. The van der Waals surface area contributed by atoms with E-state index in [-0.39, 0.29) is 5.91 Å². The molecule has 2 aromatic carbocycles. The molecule has 0 unspecified atom stereocenters. The first-order chi connectivity index (χ1) is 11.0. The Morgan fingerprint density at radius 1 is 1.09 bits per heavy atom. The predicted octanol–water partition coefficient (Wildman–Crippen LogP) is 4.21. The number of anilines is 2. The summed E-state index contributed by atoms with van der Waals surface area (Å²) in [4.78, 5) is 18.8. The molecular formula is C18H16ClN3O. The SMILES string of the molecule is CN(C)c1ccc(Cl)cc1NC(=O)c1ccc2ccccc2n1. The van der Waals surface area contributed by atoms with Crippen LogP contribution in [0.15, 0.2) is 54.6 Å². The number of amides is 1. The Balaban J connectivity index is 1.93. The molecule has 0 aliphatic carbocycles. The van der Waals surface area contributed by atoms with Gasteiger partial charge in [0.1, 0.15) is 5.69 Å². The monoisotopic (exact) mass is 325 g/mol. The number of para-hydroxylation sites is 1. The molecule has 4 nitrogen and oxygen atoms in total. The van der Waals surface area contributed by atoms with E-state index in [0.29, 0.717) is 16.4 Å². The number of halogens is 1. The van der Waals surface area contributed by atoms with Crippen LogP contribution in [0.4, 0.5) is 11.4 Å². The van der Waals surface area contributed by atoms with Gasteiger partial charge in [-0.1, -0.05) is 35.9 Å². The fraction of sp³-hybridized carbons (Fsp3) is 0.111. The lowest BCUT2D eigenvalue weighted by molar-refractivity contribution is 0.102. The Kier molecular flexibility index (Phi) is 4.17. The van der Waals surface area contributed by atoms with Gasteiger partial charge in [-0.25, -0.2) is 4.98 Å². The van der Waals surface area contributed by atoms with Crippen LogP contribution in [-0.2, 0) is 0 Å². The summed E-state index contributed by atoms with van der Waals surface area (Å²) >= 11 is 6.04. The molecule has 0 spiro atoms. The van der Waals surface area contributed by atoms with Crippen LogP contribution in [0.3, 0.4) is 0 Å². The maximum Gasteiger partial charge on any atom is 0.274 e. The standard InChI is InChI=1S/C18H16ClN3O/c1-22(2)17-10-8-13(19)11-16(17)21-18(23)15-9-7-12-5-3-4-6-14(12)20-15/h3-11H,1-2H3,(H,21,23). The summed E-state index contributed by atoms with van der Waals surface area (Å²) in [6.07, 6.45) is 0. The van der Waals surface area contributed by atoms with Crippen molar-refractivity contribution in [3.05, 3.63) is 65.3 Å². The molecule has 116 valence electrons. The van der Waals surface area contributed by atoms with Crippen LogP contribution in [-0.4, -0.2) is 25.0 Å². The van der Waals surface area contributed by atoms with Crippen LogP contribution in [0.25, 0.3) is 10.9 Å². The minimum atomic E-state index is -0.263. The molecule has 0 fully saturated rings. The van der Waals surface area contributed by atoms with Crippen molar-refractivity contribution in [2.45, 2.75) is 0 Å². The minimum Gasteiger partial charge on any atom is -0.376 e. The number of carbonyl (C=O) groups is 1. The lowest BCUT2D eigenvalue weighted by Gasteiger charge is -2.18. The highest BCUT2D eigenvalue weighted by Crippen LogP contribution is 2.28. The first kappa shape index (κ1) is 15.3. The molecule has 1 aromatic heterocycles. The summed E-state index contributed by atoms with van der Waals surface area (Å²) in [5.41, 5.74) is 2.69. The molecule has 0 aliphatic heterocycles. The number of aromatic nitrogens is 1. The molecule has 0 saturated carbocycles. The van der Waals surface area contributed by atoms with Gasteiger partial charge in [-0.2, -0.15) is 0 Å². The van der Waals surface area contributed by atoms with Crippen molar-refractivity contribution in [2.75, 3.05) is 24.3 Å². The summed E-state index contributed by atoms with van der Waals surface area (Å²) in [5, 5.41) is 4.45. The van der Waals surface area contributed by atoms with Crippen molar-refractivity contribution >= 4 is 39.8 Å². The lowest BCUT2D eigenvalue weighted by atomic mass is 10.2. The molecule has 0 aliphatic rings. The first-order valence-corrected chi connectivity index (χ1v) is 7.56. The smallest absolute Gasteiger partial charge is 0.274 e. The number of hydrogen-bond donors (Lipinski definition) is 1. The Morgan fingerprint density at radius 3 is 2.65 bits per heavy atom. The number of rotatable bonds is 3. The molecule has 1 amide bonds. The number of pyridine rings is 1. The molecule has 1 heterocycles. The van der Waals surface area contributed by atoms with E-state index in [9.17, 15) is 4.79 Å². The molecule has 0 radical (unpaired) electrons. The fourth-order valence-electron chi connectivity index (χ4n) is 2.38. The number of benzene rings is 2. The van der Waals surface area contributed by atoms with Crippen molar-refractivity contribution in [3.63, 3.8) is 0 Å². The number of fused-ring (bicyclic) bond motifs is 1. The van der Waals surface area contributed by atoms with E-state index in [1.165, 1.54) is 0 Å². The van der Waals surface area contributed by atoms with Crippen molar-refractivity contribution < 1.29 is 4.79 Å². The second-order valence-corrected chi connectivity index (χ2v) is 5.84. The number of nitrogens with one attached hydrogen (secondary N) is 1. The molecule has 23 heavy (non-hydrogen) atoms. The Morgan fingerprint density at radius 2 is 1.87 bits per heavy atom. The summed E-state index contributed by atoms with van der Waals surface area (Å²) in [5.74, 6) is -0.263. The van der Waals surface area contributed by atoms with Gasteiger partial charge in [-0.15, -0.1) is 0 Å². The average Bonchev–Trinajstić information content (AvgIpc) is 2.54. The summed E-state index contributed by atoms with van der Waals surface area (Å²) < 4.78 is 0. The van der Waals surface area contributed by atoms with Crippen LogP contribution in [0.5, 0.6) is 0 Å². The van der Waals surface area contributed by atoms with Crippen LogP contribution < -0.4 is 10.2 Å². The van der Waals surface area contributed by atoms with E-state index in [1.807, 2.05) is 55.4 Å². The Hall–Kier alpha value is -2.59. The number of carbonyl (C=O) groups excluding carboxylic acids is 1. The van der Waals surface area contributed by atoms with Gasteiger partial charge in [0, 0.05) is 24.5 Å². The summed E-state index contributed by atoms with van der Waals surface area (Å²) in [7, 11) is 3.82. The van der Waals surface area contributed by atoms with Crippen LogP contribution in [0, 0.1) is 0 Å². The van der Waals surface area contributed by atoms with E-state index in [2.05, 4.69) is 10.3 Å².